The van der Waals surface area contributed by atoms with Crippen molar-refractivity contribution in [2.75, 3.05) is 0 Å². The van der Waals surface area contributed by atoms with Crippen molar-refractivity contribution in [2.45, 2.75) is 24.4 Å². The summed E-state index contributed by atoms with van der Waals surface area (Å²) in [7, 11) is 0. The van der Waals surface area contributed by atoms with Gasteiger partial charge in [0, 0.05) is 22.9 Å². The SMILES string of the molecule is O=[C]c1cc(-c2cnn(-c3c(Cl)cc(C(F)(C(F)(F)F)C(F)(F)F)cc3OC(F)(F)F)c2)ccc1Cl. The van der Waals surface area contributed by atoms with Crippen LogP contribution < -0.4 is 4.74 Å². The van der Waals surface area contributed by atoms with E-state index in [4.69, 9.17) is 23.2 Å². The maximum absolute atomic E-state index is 14.5. The second kappa shape index (κ2) is 9.14. The van der Waals surface area contributed by atoms with E-state index in [-0.39, 0.29) is 27.8 Å². The number of halogens is 12. The number of rotatable bonds is 5. The van der Waals surface area contributed by atoms with Crippen LogP contribution in [0.3, 0.4) is 0 Å². The maximum atomic E-state index is 14.5. The highest BCUT2D eigenvalue weighted by atomic mass is 35.5. The molecule has 3 rings (SSSR count). The van der Waals surface area contributed by atoms with Gasteiger partial charge in [-0.1, -0.05) is 29.3 Å². The van der Waals surface area contributed by atoms with E-state index in [0.717, 1.165) is 12.4 Å². The van der Waals surface area contributed by atoms with Crippen LogP contribution in [-0.4, -0.2) is 34.8 Å². The molecule has 0 fully saturated rings. The zero-order chi connectivity index (χ0) is 27.3. The Kier molecular flexibility index (Phi) is 7.00. The lowest BCUT2D eigenvalue weighted by molar-refractivity contribution is -0.348. The van der Waals surface area contributed by atoms with Gasteiger partial charge in [-0.15, -0.1) is 13.2 Å². The Labute approximate surface area is 204 Å². The lowest BCUT2D eigenvalue weighted by atomic mass is 9.93. The van der Waals surface area contributed by atoms with Crippen LogP contribution in [-0.2, 0) is 10.5 Å². The molecule has 4 nitrogen and oxygen atoms in total. The van der Waals surface area contributed by atoms with Gasteiger partial charge >= 0.3 is 24.4 Å². The van der Waals surface area contributed by atoms with Gasteiger partial charge < -0.3 is 4.74 Å². The van der Waals surface area contributed by atoms with Crippen LogP contribution in [0, 0.1) is 0 Å². The molecule has 1 aromatic heterocycles. The van der Waals surface area contributed by atoms with Crippen molar-refractivity contribution < 1.29 is 53.4 Å². The van der Waals surface area contributed by atoms with Crippen LogP contribution in [0.2, 0.25) is 10.0 Å². The topological polar surface area (TPSA) is 44.1 Å². The number of aromatic nitrogens is 2. The van der Waals surface area contributed by atoms with Gasteiger partial charge in [0.15, 0.2) is 5.75 Å². The van der Waals surface area contributed by atoms with Gasteiger partial charge in [-0.2, -0.15) is 31.4 Å². The summed E-state index contributed by atoms with van der Waals surface area (Å²) in [6.45, 7) is 0. The molecule has 16 heteroatoms. The van der Waals surface area contributed by atoms with E-state index in [1.165, 1.54) is 24.5 Å². The van der Waals surface area contributed by atoms with Crippen molar-refractivity contribution in [1.29, 1.82) is 0 Å². The van der Waals surface area contributed by atoms with Crippen LogP contribution in [0.5, 0.6) is 5.75 Å². The molecular formula is C20H7Cl2F10N2O2. The van der Waals surface area contributed by atoms with E-state index >= 15 is 0 Å². The normalized spacial score (nSPS) is 13.1. The van der Waals surface area contributed by atoms with Gasteiger partial charge in [0.25, 0.3) is 0 Å². The minimum Gasteiger partial charge on any atom is -0.403 e. The summed E-state index contributed by atoms with van der Waals surface area (Å²) in [5.74, 6) is -1.70. The minimum absolute atomic E-state index is 0.0182. The standard InChI is InChI=1S/C20H7Cl2F10N2O2/c21-13-2-1-9(3-10(13)8-35)11-6-33-34(7-11)16-14(22)4-12(5-15(16)36-20(30,31)32)17(23,18(24,25)26)19(27,28)29/h1-7H. The molecule has 193 valence electrons. The van der Waals surface area contributed by atoms with Crippen LogP contribution in [0.1, 0.15) is 11.1 Å². The molecule has 0 atom stereocenters. The molecule has 0 aliphatic heterocycles. The molecule has 0 N–H and O–H groups in total. The third-order valence-corrected chi connectivity index (χ3v) is 5.27. The predicted octanol–water partition coefficient (Wildman–Crippen LogP) is 7.49. The van der Waals surface area contributed by atoms with Crippen molar-refractivity contribution in [3.63, 3.8) is 0 Å². The Morgan fingerprint density at radius 2 is 1.44 bits per heavy atom. The Morgan fingerprint density at radius 3 is 1.97 bits per heavy atom. The Bertz CT molecular complexity index is 1290. The number of carbonyl (C=O) groups excluding carboxylic acids is 1. The highest BCUT2D eigenvalue weighted by molar-refractivity contribution is 6.33. The van der Waals surface area contributed by atoms with Crippen molar-refractivity contribution in [3.8, 4) is 22.6 Å². The van der Waals surface area contributed by atoms with E-state index < -0.39 is 52.5 Å². The molecule has 0 aliphatic rings. The third kappa shape index (κ3) is 5.09. The number of alkyl halides is 10. The second-order valence-electron chi connectivity index (χ2n) is 6.98. The Morgan fingerprint density at radius 1 is 0.833 bits per heavy atom. The van der Waals surface area contributed by atoms with Crippen molar-refractivity contribution in [1.82, 2.24) is 9.78 Å². The highest BCUT2D eigenvalue weighted by Crippen LogP contribution is 2.55. The van der Waals surface area contributed by atoms with Gasteiger partial charge in [-0.25, -0.2) is 9.07 Å². The molecule has 0 amide bonds. The van der Waals surface area contributed by atoms with Crippen LogP contribution >= 0.6 is 23.2 Å². The lowest BCUT2D eigenvalue weighted by Gasteiger charge is -2.31. The fourth-order valence-electron chi connectivity index (χ4n) is 3.06. The summed E-state index contributed by atoms with van der Waals surface area (Å²) in [4.78, 5) is 11.0. The van der Waals surface area contributed by atoms with Crippen molar-refractivity contribution in [2.24, 2.45) is 0 Å². The molecule has 0 saturated heterocycles. The summed E-state index contributed by atoms with van der Waals surface area (Å²) in [6, 6.07) is 3.32. The zero-order valence-corrected chi connectivity index (χ0v) is 18.3. The van der Waals surface area contributed by atoms with E-state index in [1.807, 2.05) is 0 Å². The van der Waals surface area contributed by atoms with Crippen molar-refractivity contribution >= 4 is 29.5 Å². The molecule has 2 aromatic carbocycles. The molecule has 0 unspecified atom stereocenters. The molecule has 0 aliphatic carbocycles. The molecule has 1 heterocycles. The first kappa shape index (κ1) is 27.6. The summed E-state index contributed by atoms with van der Waals surface area (Å²) in [6.07, 6.45) is -15.3. The summed E-state index contributed by atoms with van der Waals surface area (Å²) >= 11 is 11.5. The molecular weight excluding hydrogens is 561 g/mol. The first-order valence-electron chi connectivity index (χ1n) is 9.04. The maximum Gasteiger partial charge on any atom is 0.573 e. The van der Waals surface area contributed by atoms with Gasteiger partial charge in [-0.3, -0.25) is 4.79 Å². The number of nitrogens with zero attached hydrogens (tertiary/aromatic N) is 2. The van der Waals surface area contributed by atoms with Crippen LogP contribution in [0.4, 0.5) is 43.9 Å². The second-order valence-corrected chi connectivity index (χ2v) is 7.79. The van der Waals surface area contributed by atoms with E-state index in [0.29, 0.717) is 4.68 Å². The van der Waals surface area contributed by atoms with E-state index in [2.05, 4.69) is 9.84 Å². The molecule has 0 saturated carbocycles. The molecule has 0 bridgehead atoms. The number of hydrogen-bond donors (Lipinski definition) is 0. The predicted molar refractivity (Wildman–Crippen MR) is 105 cm³/mol. The number of hydrogen-bond acceptors (Lipinski definition) is 3. The first-order valence-corrected chi connectivity index (χ1v) is 9.80. The Hall–Kier alpha value is -3.00. The average molecular weight is 568 g/mol. The van der Waals surface area contributed by atoms with E-state index in [1.54, 1.807) is 0 Å². The van der Waals surface area contributed by atoms with Crippen LogP contribution in [0.25, 0.3) is 16.8 Å². The van der Waals surface area contributed by atoms with Gasteiger partial charge in [0.2, 0.25) is 6.29 Å². The van der Waals surface area contributed by atoms with Crippen LogP contribution in [0.15, 0.2) is 42.7 Å². The summed E-state index contributed by atoms with van der Waals surface area (Å²) in [5.41, 5.74) is -9.09. The van der Waals surface area contributed by atoms with Crippen molar-refractivity contribution in [3.05, 3.63) is 63.9 Å². The molecule has 1 radical (unpaired) electrons. The smallest absolute Gasteiger partial charge is 0.403 e. The quantitative estimate of drug-likeness (QED) is 0.300. The summed E-state index contributed by atoms with van der Waals surface area (Å²) < 4.78 is 136. The largest absolute Gasteiger partial charge is 0.573 e. The molecule has 36 heavy (non-hydrogen) atoms. The molecule has 0 spiro atoms. The van der Waals surface area contributed by atoms with Gasteiger partial charge in [0.05, 0.1) is 16.2 Å². The fourth-order valence-corrected chi connectivity index (χ4v) is 3.52. The third-order valence-electron chi connectivity index (χ3n) is 4.65. The molecule has 3 aromatic rings. The lowest BCUT2D eigenvalue weighted by Crippen LogP contribution is -2.50. The first-order chi connectivity index (χ1) is 16.4. The number of ether oxygens (including phenoxy) is 1. The fraction of sp³-hybridized carbons (Fsp3) is 0.200. The average Bonchev–Trinajstić information content (AvgIpc) is 3.19. The summed E-state index contributed by atoms with van der Waals surface area (Å²) in [5, 5.41) is 2.53. The van der Waals surface area contributed by atoms with Gasteiger partial charge in [-0.05, 0) is 29.8 Å². The minimum atomic E-state index is -6.62. The monoisotopic (exact) mass is 567 g/mol. The van der Waals surface area contributed by atoms with E-state index in [9.17, 15) is 48.7 Å². The zero-order valence-electron chi connectivity index (χ0n) is 16.8. The Balaban J connectivity index is 2.23. The van der Waals surface area contributed by atoms with Gasteiger partial charge in [0.1, 0.15) is 5.69 Å². The highest BCUT2D eigenvalue weighted by Gasteiger charge is 2.73. The number of benzene rings is 2.